The molecule has 0 bridgehead atoms. The molecule has 0 aromatic rings. The van der Waals surface area contributed by atoms with Gasteiger partial charge in [-0.2, -0.15) is 0 Å². The summed E-state index contributed by atoms with van der Waals surface area (Å²) in [6.45, 7) is 10.5. The predicted octanol–water partition coefficient (Wildman–Crippen LogP) is 1.84. The van der Waals surface area contributed by atoms with Crippen molar-refractivity contribution in [3.8, 4) is 0 Å². The largest absolute Gasteiger partial charge is 0.461 e. The Labute approximate surface area is 201 Å². The zero-order chi connectivity index (χ0) is 24.8. The molecule has 0 aromatic carbocycles. The van der Waals surface area contributed by atoms with Crippen LogP contribution in [0.2, 0.25) is 0 Å². The Morgan fingerprint density at radius 2 is 1.94 bits per heavy atom. The average Bonchev–Trinajstić information content (AvgIpc) is 3.04. The van der Waals surface area contributed by atoms with Crippen LogP contribution < -0.4 is 0 Å². The first-order valence-corrected chi connectivity index (χ1v) is 12.5. The molecule has 0 radical (unpaired) electrons. The van der Waals surface area contributed by atoms with Crippen molar-refractivity contribution >= 4 is 5.97 Å². The van der Waals surface area contributed by atoms with Crippen LogP contribution in [0.5, 0.6) is 0 Å². The second-order valence-corrected chi connectivity index (χ2v) is 11.2. The fourth-order valence-corrected chi connectivity index (χ4v) is 7.20. The van der Waals surface area contributed by atoms with Crippen LogP contribution in [0.4, 0.5) is 0 Å². The van der Waals surface area contributed by atoms with Gasteiger partial charge in [0.2, 0.25) is 0 Å². The van der Waals surface area contributed by atoms with E-state index in [1.165, 1.54) is 5.57 Å². The minimum atomic E-state index is -1.45. The molecule has 2 aliphatic carbocycles. The third kappa shape index (κ3) is 4.27. The number of ether oxygens (including phenoxy) is 3. The molecule has 2 aliphatic heterocycles. The van der Waals surface area contributed by atoms with E-state index in [1.54, 1.807) is 0 Å². The highest BCUT2D eigenvalue weighted by atomic mass is 16.7. The molecule has 10 atom stereocenters. The fourth-order valence-electron chi connectivity index (χ4n) is 7.20. The van der Waals surface area contributed by atoms with Crippen molar-refractivity contribution in [1.82, 2.24) is 0 Å². The molecular weight excluding hydrogens is 440 g/mol. The van der Waals surface area contributed by atoms with E-state index in [0.717, 1.165) is 44.1 Å². The Morgan fingerprint density at radius 3 is 2.65 bits per heavy atom. The summed E-state index contributed by atoms with van der Waals surface area (Å²) in [5, 5.41) is 39.2. The molecule has 34 heavy (non-hydrogen) atoms. The van der Waals surface area contributed by atoms with Crippen LogP contribution in [-0.2, 0) is 19.0 Å². The van der Waals surface area contributed by atoms with Gasteiger partial charge in [-0.1, -0.05) is 37.1 Å². The van der Waals surface area contributed by atoms with E-state index < -0.39 is 37.3 Å². The minimum Gasteiger partial charge on any atom is -0.461 e. The van der Waals surface area contributed by atoms with Gasteiger partial charge in [0.05, 0.1) is 18.6 Å². The molecule has 2 saturated carbocycles. The van der Waals surface area contributed by atoms with E-state index >= 15 is 0 Å². The van der Waals surface area contributed by atoms with Crippen LogP contribution in [0.25, 0.3) is 0 Å². The third-order valence-electron chi connectivity index (χ3n) is 9.03. The molecule has 2 saturated heterocycles. The maximum Gasteiger partial charge on any atom is 0.312 e. The monoisotopic (exact) mass is 480 g/mol. The maximum atomic E-state index is 12.7. The number of carbonyl (C=O) groups excluding carboxylic acids is 1. The first-order chi connectivity index (χ1) is 16.0. The topological polar surface area (TPSA) is 126 Å². The molecule has 192 valence electrons. The van der Waals surface area contributed by atoms with Gasteiger partial charge in [0.1, 0.15) is 30.5 Å². The number of aliphatic hydroxyl groups is 4. The van der Waals surface area contributed by atoms with Crippen molar-refractivity contribution in [2.24, 2.45) is 22.7 Å². The summed E-state index contributed by atoms with van der Waals surface area (Å²) in [5.74, 6) is 0.511. The number of aliphatic hydroxyl groups excluding tert-OH is 4. The van der Waals surface area contributed by atoms with E-state index in [4.69, 9.17) is 14.2 Å². The zero-order valence-electron chi connectivity index (χ0n) is 20.5. The van der Waals surface area contributed by atoms with Gasteiger partial charge in [0.15, 0.2) is 6.29 Å². The van der Waals surface area contributed by atoms with Crippen LogP contribution in [0.1, 0.15) is 59.3 Å². The first kappa shape index (κ1) is 25.8. The molecule has 8 nitrogen and oxygen atoms in total. The van der Waals surface area contributed by atoms with Crippen LogP contribution >= 0.6 is 0 Å². The summed E-state index contributed by atoms with van der Waals surface area (Å²) in [4.78, 5) is 12.7. The average molecular weight is 481 g/mol. The van der Waals surface area contributed by atoms with Gasteiger partial charge < -0.3 is 34.6 Å². The summed E-state index contributed by atoms with van der Waals surface area (Å²) < 4.78 is 16.8. The van der Waals surface area contributed by atoms with Gasteiger partial charge in [0.25, 0.3) is 0 Å². The summed E-state index contributed by atoms with van der Waals surface area (Å²) in [5.41, 5.74) is 1.90. The fraction of sp³-hybridized carbons (Fsp3) is 0.808. The molecule has 0 aromatic heterocycles. The van der Waals surface area contributed by atoms with Gasteiger partial charge in [0, 0.05) is 12.3 Å². The normalized spacial score (nSPS) is 46.9. The van der Waals surface area contributed by atoms with Crippen molar-refractivity contribution < 1.29 is 39.4 Å². The highest BCUT2D eigenvalue weighted by Crippen LogP contribution is 2.65. The molecule has 2 heterocycles. The molecule has 4 rings (SSSR count). The molecule has 0 spiro atoms. The Bertz CT molecular complexity index is 824. The number of esters is 1. The minimum absolute atomic E-state index is 0.00767. The second kappa shape index (κ2) is 9.64. The SMILES string of the molecule is C=C1C[C@@H]2OC(=O)[C@@]3(C)CCC[C@@](C)([C@@H]23)[C@H]1CC/C(C)=C/CO[C@@H]1O[C@H](CO)[C@@H](O)[C@H](O)[C@H]1O. The second-order valence-electron chi connectivity index (χ2n) is 11.2. The van der Waals surface area contributed by atoms with Gasteiger partial charge in [-0.05, 0) is 50.9 Å². The van der Waals surface area contributed by atoms with E-state index in [-0.39, 0.29) is 35.4 Å². The molecule has 0 amide bonds. The molecule has 4 N–H and O–H groups in total. The zero-order valence-corrected chi connectivity index (χ0v) is 20.5. The summed E-state index contributed by atoms with van der Waals surface area (Å²) in [7, 11) is 0. The molecule has 4 aliphatic rings. The van der Waals surface area contributed by atoms with Crippen molar-refractivity contribution in [1.29, 1.82) is 0 Å². The Hall–Kier alpha value is -1.29. The lowest BCUT2D eigenvalue weighted by Crippen LogP contribution is -2.59. The van der Waals surface area contributed by atoms with Crippen molar-refractivity contribution in [2.45, 2.75) is 96.1 Å². The van der Waals surface area contributed by atoms with Gasteiger partial charge in [-0.15, -0.1) is 0 Å². The van der Waals surface area contributed by atoms with E-state index in [2.05, 4.69) is 20.4 Å². The van der Waals surface area contributed by atoms with Gasteiger partial charge in [-0.25, -0.2) is 0 Å². The lowest BCUT2D eigenvalue weighted by Gasteiger charge is -2.55. The number of allylic oxidation sites excluding steroid dienone is 1. The van der Waals surface area contributed by atoms with Crippen LogP contribution in [0.3, 0.4) is 0 Å². The molecular formula is C26H40O8. The van der Waals surface area contributed by atoms with Crippen molar-refractivity contribution in [3.05, 3.63) is 23.8 Å². The lowest BCUT2D eigenvalue weighted by atomic mass is 9.47. The standard InChI is InChI=1S/C26H40O8/c1-14(8-11-32-23-21(30)20(29)19(28)18(13-27)33-23)6-7-16-15(2)12-17-22-25(16,3)9-5-10-26(22,4)24(31)34-17/h8,16-23,27-30H,2,5-7,9-13H2,1,3-4H3/b14-8+/t16-,17-,18+,19+,20-,21+,22+,23+,25+,26-/m0/s1. The summed E-state index contributed by atoms with van der Waals surface area (Å²) in [6.07, 6.45) is 1.04. The number of carbonyl (C=O) groups is 1. The van der Waals surface area contributed by atoms with Crippen LogP contribution in [0.15, 0.2) is 23.8 Å². The van der Waals surface area contributed by atoms with Gasteiger partial charge in [-0.3, -0.25) is 4.79 Å². The molecule has 4 fully saturated rings. The Balaban J connectivity index is 1.36. The van der Waals surface area contributed by atoms with E-state index in [0.29, 0.717) is 5.92 Å². The maximum absolute atomic E-state index is 12.7. The number of hydrogen-bond donors (Lipinski definition) is 4. The highest BCUT2D eigenvalue weighted by Gasteiger charge is 2.66. The van der Waals surface area contributed by atoms with Crippen molar-refractivity contribution in [2.75, 3.05) is 13.2 Å². The smallest absolute Gasteiger partial charge is 0.312 e. The van der Waals surface area contributed by atoms with Gasteiger partial charge >= 0.3 is 5.97 Å². The summed E-state index contributed by atoms with van der Waals surface area (Å²) >= 11 is 0. The van der Waals surface area contributed by atoms with Crippen molar-refractivity contribution in [3.63, 3.8) is 0 Å². The van der Waals surface area contributed by atoms with E-state index in [1.807, 2.05) is 13.0 Å². The van der Waals surface area contributed by atoms with Crippen LogP contribution in [0, 0.1) is 22.7 Å². The highest BCUT2D eigenvalue weighted by molar-refractivity contribution is 5.80. The lowest BCUT2D eigenvalue weighted by molar-refractivity contribution is -0.298. The number of rotatable bonds is 7. The molecule has 0 unspecified atom stereocenters. The first-order valence-electron chi connectivity index (χ1n) is 12.5. The Kier molecular flexibility index (Phi) is 7.31. The Morgan fingerprint density at radius 1 is 1.21 bits per heavy atom. The predicted molar refractivity (Wildman–Crippen MR) is 123 cm³/mol. The van der Waals surface area contributed by atoms with Crippen LogP contribution in [-0.4, -0.2) is 76.4 Å². The third-order valence-corrected chi connectivity index (χ3v) is 9.03. The summed E-state index contributed by atoms with van der Waals surface area (Å²) in [6, 6.07) is 0. The molecule has 8 heteroatoms. The quantitative estimate of drug-likeness (QED) is 0.321. The number of hydrogen-bond acceptors (Lipinski definition) is 8. The van der Waals surface area contributed by atoms with E-state index in [9.17, 15) is 25.2 Å².